The molecule has 1 aromatic carbocycles. The van der Waals surface area contributed by atoms with Crippen LogP contribution in [0.3, 0.4) is 0 Å². The summed E-state index contributed by atoms with van der Waals surface area (Å²) in [6, 6.07) is 9.38. The van der Waals surface area contributed by atoms with Crippen molar-refractivity contribution in [3.63, 3.8) is 0 Å². The number of fused-ring (bicyclic) bond motifs is 1. The number of rotatable bonds is 23. The summed E-state index contributed by atoms with van der Waals surface area (Å²) in [5.74, 6) is 0. The molecule has 4 rings (SSSR count). The Kier molecular flexibility index (Phi) is 16.7. The highest BCUT2D eigenvalue weighted by Gasteiger charge is 2.20. The summed E-state index contributed by atoms with van der Waals surface area (Å²) in [5.41, 5.74) is 7.36. The molecule has 7 heteroatoms. The maximum absolute atomic E-state index is 5.17. The number of hydrogen-bond acceptors (Lipinski definition) is 4. The van der Waals surface area contributed by atoms with Crippen molar-refractivity contribution in [1.82, 2.24) is 15.0 Å². The minimum atomic E-state index is 0.887. The normalized spacial score (nSPS) is 11.8. The number of halogens is 2. The lowest BCUT2D eigenvalue weighted by Gasteiger charge is -2.03. The van der Waals surface area contributed by atoms with Crippen LogP contribution in [0.15, 0.2) is 31.8 Å². The van der Waals surface area contributed by atoms with Crippen LogP contribution >= 0.6 is 54.5 Å². The molecule has 0 atom stereocenters. The van der Waals surface area contributed by atoms with Crippen LogP contribution in [0.2, 0.25) is 0 Å². The largest absolute Gasteiger partial charge is 0.184 e. The summed E-state index contributed by atoms with van der Waals surface area (Å²) in [6.07, 6.45) is 25.9. The van der Waals surface area contributed by atoms with Crippen molar-refractivity contribution in [2.75, 3.05) is 0 Å². The summed E-state index contributed by atoms with van der Waals surface area (Å²) in [6.45, 7) is 7.73. The Balaban J connectivity index is 1.51. The average Bonchev–Trinajstić information content (AvgIpc) is 3.74. The van der Waals surface area contributed by atoms with Crippen molar-refractivity contribution in [1.29, 1.82) is 0 Å². The first kappa shape index (κ1) is 36.8. The third-order valence-electron chi connectivity index (χ3n) is 8.94. The van der Waals surface area contributed by atoms with Gasteiger partial charge in [0.05, 0.1) is 14.1 Å². The van der Waals surface area contributed by atoms with Crippen molar-refractivity contribution in [2.24, 2.45) is 0 Å². The number of hydrogen-bond donors (Lipinski definition) is 0. The van der Waals surface area contributed by atoms with Gasteiger partial charge in [-0.15, -0.1) is 22.7 Å². The summed E-state index contributed by atoms with van der Waals surface area (Å²) >= 11 is 11.5. The first-order valence-corrected chi connectivity index (χ1v) is 21.2. The number of aryl methyl sites for hydroxylation is 3. The predicted octanol–water partition coefficient (Wildman–Crippen LogP) is 14.6. The Hall–Kier alpha value is -1.02. The van der Waals surface area contributed by atoms with E-state index in [4.69, 9.17) is 10.2 Å². The van der Waals surface area contributed by atoms with Crippen LogP contribution in [-0.2, 0) is 19.4 Å². The van der Waals surface area contributed by atoms with E-state index in [0.29, 0.717) is 0 Å². The van der Waals surface area contributed by atoms with Gasteiger partial charge in [-0.1, -0.05) is 129 Å². The second kappa shape index (κ2) is 20.4. The summed E-state index contributed by atoms with van der Waals surface area (Å²) in [4.78, 5) is 4.57. The van der Waals surface area contributed by atoms with E-state index in [1.165, 1.54) is 149 Å². The van der Waals surface area contributed by atoms with Gasteiger partial charge in [-0.05, 0) is 87.2 Å². The van der Waals surface area contributed by atoms with Crippen molar-refractivity contribution in [2.45, 2.75) is 156 Å². The standard InChI is InChI=1S/C38H55Br2N3S2/c1-4-7-10-13-14-15-16-17-18-21-26-43-41-35-31(33-27-29(37(39)44-33)22-19-11-8-5-2)24-25-32(36(35)42-43)34-28-30(38(40)45-34)23-20-12-9-6-3/h24-25,27-28H,4-23,26H2,1-3H3. The number of nitrogens with zero attached hydrogens (tertiary/aromatic N) is 3. The molecular weight excluding hydrogens is 722 g/mol. The van der Waals surface area contributed by atoms with Crippen LogP contribution in [0, 0.1) is 0 Å². The van der Waals surface area contributed by atoms with Crippen LogP contribution in [0.5, 0.6) is 0 Å². The molecule has 248 valence electrons. The molecule has 0 N–H and O–H groups in total. The lowest BCUT2D eigenvalue weighted by atomic mass is 10.0. The summed E-state index contributed by atoms with van der Waals surface area (Å²) in [7, 11) is 0. The zero-order chi connectivity index (χ0) is 31.9. The van der Waals surface area contributed by atoms with Gasteiger partial charge < -0.3 is 0 Å². The van der Waals surface area contributed by atoms with E-state index >= 15 is 0 Å². The quantitative estimate of drug-likeness (QED) is 0.0702. The van der Waals surface area contributed by atoms with Crippen LogP contribution in [0.1, 0.15) is 147 Å². The van der Waals surface area contributed by atoms with E-state index < -0.39 is 0 Å². The molecule has 0 unspecified atom stereocenters. The molecule has 0 fully saturated rings. The summed E-state index contributed by atoms with van der Waals surface area (Å²) < 4.78 is 2.53. The van der Waals surface area contributed by atoms with Crippen LogP contribution in [0.25, 0.3) is 31.9 Å². The topological polar surface area (TPSA) is 30.7 Å². The molecule has 0 aliphatic rings. The lowest BCUT2D eigenvalue weighted by Crippen LogP contribution is -2.02. The Labute approximate surface area is 298 Å². The number of aromatic nitrogens is 3. The van der Waals surface area contributed by atoms with Gasteiger partial charge in [0.2, 0.25) is 0 Å². The van der Waals surface area contributed by atoms with Gasteiger partial charge in [0.1, 0.15) is 11.0 Å². The third-order valence-corrected chi connectivity index (χ3v) is 12.9. The second-order valence-corrected chi connectivity index (χ2v) is 17.5. The molecule has 4 aromatic rings. The SMILES string of the molecule is CCCCCCCCCCCCn1nc2c(-c3cc(CCCCCC)c(Br)s3)ccc(-c3cc(CCCCCC)c(Br)s3)c2n1. The average molecular weight is 778 g/mol. The Morgan fingerprint density at radius 3 is 1.33 bits per heavy atom. The molecule has 3 nitrogen and oxygen atoms in total. The molecule has 0 saturated heterocycles. The van der Waals surface area contributed by atoms with E-state index in [0.717, 1.165) is 36.8 Å². The minimum Gasteiger partial charge on any atom is -0.184 e. The first-order valence-electron chi connectivity index (χ1n) is 18.0. The predicted molar refractivity (Wildman–Crippen MR) is 207 cm³/mol. The van der Waals surface area contributed by atoms with E-state index in [1.54, 1.807) is 0 Å². The van der Waals surface area contributed by atoms with Crippen molar-refractivity contribution in [3.05, 3.63) is 43.0 Å². The summed E-state index contributed by atoms with van der Waals surface area (Å²) in [5, 5.41) is 10.3. The van der Waals surface area contributed by atoms with Gasteiger partial charge in [-0.25, -0.2) is 0 Å². The van der Waals surface area contributed by atoms with Crippen molar-refractivity contribution >= 4 is 65.6 Å². The van der Waals surface area contributed by atoms with Crippen LogP contribution in [0.4, 0.5) is 0 Å². The minimum absolute atomic E-state index is 0.887. The van der Waals surface area contributed by atoms with Crippen molar-refractivity contribution < 1.29 is 0 Å². The van der Waals surface area contributed by atoms with Gasteiger partial charge in [0, 0.05) is 20.9 Å². The first-order chi connectivity index (χ1) is 22.0. The zero-order valence-electron chi connectivity index (χ0n) is 28.1. The molecule has 3 aromatic heterocycles. The highest BCUT2D eigenvalue weighted by atomic mass is 79.9. The molecule has 0 spiro atoms. The monoisotopic (exact) mass is 775 g/mol. The highest BCUT2D eigenvalue weighted by Crippen LogP contribution is 2.43. The van der Waals surface area contributed by atoms with Gasteiger partial charge >= 0.3 is 0 Å². The molecule has 0 saturated carbocycles. The molecular formula is C38H55Br2N3S2. The zero-order valence-corrected chi connectivity index (χ0v) is 32.9. The fourth-order valence-corrected chi connectivity index (χ4v) is 9.77. The van der Waals surface area contributed by atoms with E-state index in [1.807, 2.05) is 27.5 Å². The molecule has 45 heavy (non-hydrogen) atoms. The fraction of sp³-hybridized carbons (Fsp3) is 0.632. The second-order valence-electron chi connectivity index (χ2n) is 12.8. The van der Waals surface area contributed by atoms with Gasteiger partial charge in [0.15, 0.2) is 0 Å². The van der Waals surface area contributed by atoms with Gasteiger partial charge in [0.25, 0.3) is 0 Å². The number of benzene rings is 1. The van der Waals surface area contributed by atoms with Crippen LogP contribution in [-0.4, -0.2) is 15.0 Å². The molecule has 0 aliphatic heterocycles. The van der Waals surface area contributed by atoms with Gasteiger partial charge in [-0.3, -0.25) is 0 Å². The third kappa shape index (κ3) is 11.3. The van der Waals surface area contributed by atoms with E-state index in [2.05, 4.69) is 76.9 Å². The molecule has 0 aliphatic carbocycles. The number of unbranched alkanes of at least 4 members (excludes halogenated alkanes) is 15. The maximum atomic E-state index is 5.17. The van der Waals surface area contributed by atoms with Crippen LogP contribution < -0.4 is 0 Å². The van der Waals surface area contributed by atoms with E-state index in [-0.39, 0.29) is 0 Å². The van der Waals surface area contributed by atoms with E-state index in [9.17, 15) is 0 Å². The smallest absolute Gasteiger partial charge is 0.122 e. The Morgan fingerprint density at radius 1 is 0.533 bits per heavy atom. The number of thiophene rings is 2. The van der Waals surface area contributed by atoms with Gasteiger partial charge in [-0.2, -0.15) is 15.0 Å². The highest BCUT2D eigenvalue weighted by molar-refractivity contribution is 9.11. The molecule has 3 heterocycles. The fourth-order valence-electron chi connectivity index (χ4n) is 6.18. The molecule has 0 amide bonds. The lowest BCUT2D eigenvalue weighted by molar-refractivity contribution is 0.483. The Bertz CT molecular complexity index is 1330. The maximum Gasteiger partial charge on any atom is 0.122 e. The molecule has 0 bridgehead atoms. The molecule has 0 radical (unpaired) electrons. The van der Waals surface area contributed by atoms with Crippen molar-refractivity contribution in [3.8, 4) is 20.9 Å². The Morgan fingerprint density at radius 2 is 0.911 bits per heavy atom.